The van der Waals surface area contributed by atoms with E-state index < -0.39 is 15.2 Å². The fourth-order valence-electron chi connectivity index (χ4n) is 5.79. The first kappa shape index (κ1) is 26.0. The topological polar surface area (TPSA) is 6.48 Å². The summed E-state index contributed by atoms with van der Waals surface area (Å²) in [5, 5.41) is 5.86. The van der Waals surface area contributed by atoms with Crippen molar-refractivity contribution < 1.29 is 0 Å². The Bertz CT molecular complexity index is 1390. The number of anilines is 4. The van der Waals surface area contributed by atoms with Crippen LogP contribution in [0.25, 0.3) is 0 Å². The number of aryl methyl sites for hydroxylation is 4. The average molecular weight is 527 g/mol. The van der Waals surface area contributed by atoms with Gasteiger partial charge in [0, 0.05) is 0 Å². The Balaban J connectivity index is 1.92. The van der Waals surface area contributed by atoms with Gasteiger partial charge < -0.3 is 0 Å². The standard InChI is InChI=1S/C33H40N2P2/c1-22-10-14-26-30(18-22)36(7)31-19-23(2)11-15-27(31)35(6)29-17-13-25(4)21-33(29)37(8,9)32-20-24(3)12-16-28(32)34(26)5/h10-21,37H,1-9H3. The van der Waals surface area contributed by atoms with E-state index >= 15 is 0 Å². The molecule has 0 bridgehead atoms. The molecule has 0 spiro atoms. The summed E-state index contributed by atoms with van der Waals surface area (Å²) in [6, 6.07) is 28.2. The first-order chi connectivity index (χ1) is 17.5. The summed E-state index contributed by atoms with van der Waals surface area (Å²) >= 11 is 0. The van der Waals surface area contributed by atoms with Crippen LogP contribution in [0.3, 0.4) is 0 Å². The SMILES string of the molecule is Cc1ccc2c(c1)P(C)c1cc(C)ccc1N(C)c1ccc(C)cc1[PH](C)(C)c1cc(C)ccc1N2C. The third kappa shape index (κ3) is 4.50. The fourth-order valence-corrected chi connectivity index (χ4v) is 11.2. The van der Waals surface area contributed by atoms with Crippen LogP contribution < -0.4 is 31.0 Å². The van der Waals surface area contributed by atoms with Gasteiger partial charge in [-0.05, 0) is 0 Å². The van der Waals surface area contributed by atoms with Crippen LogP contribution in [0.4, 0.5) is 22.7 Å². The Kier molecular flexibility index (Phi) is 6.72. The monoisotopic (exact) mass is 526 g/mol. The minimum atomic E-state index is -2.11. The van der Waals surface area contributed by atoms with Crippen LogP contribution in [0.5, 0.6) is 0 Å². The molecule has 0 aromatic heterocycles. The molecular formula is C33H40N2P2. The second-order valence-electron chi connectivity index (χ2n) is 11.3. The van der Waals surface area contributed by atoms with E-state index in [0.29, 0.717) is 0 Å². The minimum absolute atomic E-state index is 0.589. The Morgan fingerprint density at radius 2 is 0.838 bits per heavy atom. The van der Waals surface area contributed by atoms with Gasteiger partial charge in [0.05, 0.1) is 0 Å². The third-order valence-corrected chi connectivity index (χ3v) is 13.7. The number of nitrogens with zero attached hydrogens (tertiary/aromatic N) is 2. The summed E-state index contributed by atoms with van der Waals surface area (Å²) in [6.07, 6.45) is 0. The summed E-state index contributed by atoms with van der Waals surface area (Å²) in [4.78, 5) is 4.93. The molecule has 0 saturated carbocycles. The van der Waals surface area contributed by atoms with Gasteiger partial charge >= 0.3 is 226 Å². The number of benzene rings is 4. The van der Waals surface area contributed by atoms with Crippen molar-refractivity contribution in [2.24, 2.45) is 0 Å². The molecule has 192 valence electrons. The zero-order valence-electron chi connectivity index (χ0n) is 23.8. The molecule has 0 saturated heterocycles. The zero-order chi connectivity index (χ0) is 26.6. The van der Waals surface area contributed by atoms with E-state index in [1.165, 1.54) is 66.2 Å². The molecule has 4 heteroatoms. The molecule has 1 heterocycles. The summed E-state index contributed by atoms with van der Waals surface area (Å²) in [6.45, 7) is 16.4. The van der Waals surface area contributed by atoms with Crippen molar-refractivity contribution in [3.63, 3.8) is 0 Å². The van der Waals surface area contributed by atoms with Gasteiger partial charge in [-0.2, -0.15) is 0 Å². The zero-order valence-corrected chi connectivity index (χ0v) is 25.7. The van der Waals surface area contributed by atoms with Crippen molar-refractivity contribution in [1.82, 2.24) is 0 Å². The average Bonchev–Trinajstić information content (AvgIpc) is 2.86. The second kappa shape index (κ2) is 9.58. The van der Waals surface area contributed by atoms with Crippen LogP contribution in [-0.2, 0) is 0 Å². The summed E-state index contributed by atoms with van der Waals surface area (Å²) in [5.74, 6) is 0. The van der Waals surface area contributed by atoms with Gasteiger partial charge in [-0.15, -0.1) is 0 Å². The second-order valence-corrected chi connectivity index (χ2v) is 17.7. The van der Waals surface area contributed by atoms with E-state index in [0.717, 1.165) is 0 Å². The molecule has 0 amide bonds. The van der Waals surface area contributed by atoms with Crippen molar-refractivity contribution >= 4 is 59.2 Å². The summed E-state index contributed by atoms with van der Waals surface area (Å²) in [5.41, 5.74) is 10.6. The molecule has 0 atom stereocenters. The molecule has 0 unspecified atom stereocenters. The van der Waals surface area contributed by atoms with Gasteiger partial charge in [0.2, 0.25) is 0 Å². The predicted octanol–water partition coefficient (Wildman–Crippen LogP) is 6.79. The molecule has 0 aliphatic carbocycles. The maximum absolute atomic E-state index is 2.52. The van der Waals surface area contributed by atoms with E-state index in [1.807, 2.05) is 0 Å². The quantitative estimate of drug-likeness (QED) is 0.233. The van der Waals surface area contributed by atoms with Crippen LogP contribution >= 0.6 is 15.2 Å². The molecule has 2 nitrogen and oxygen atoms in total. The van der Waals surface area contributed by atoms with Gasteiger partial charge in [-0.1, -0.05) is 0 Å². The van der Waals surface area contributed by atoms with Crippen molar-refractivity contribution in [2.75, 3.05) is 43.9 Å². The van der Waals surface area contributed by atoms with E-state index in [9.17, 15) is 0 Å². The molecule has 5 rings (SSSR count). The van der Waals surface area contributed by atoms with Gasteiger partial charge in [0.1, 0.15) is 0 Å². The van der Waals surface area contributed by atoms with Crippen LogP contribution in [-0.4, -0.2) is 34.1 Å². The van der Waals surface area contributed by atoms with Crippen molar-refractivity contribution in [3.8, 4) is 0 Å². The normalized spacial score (nSPS) is 17.5. The van der Waals surface area contributed by atoms with E-state index in [4.69, 9.17) is 0 Å². The van der Waals surface area contributed by atoms with Gasteiger partial charge in [0.25, 0.3) is 0 Å². The Hall–Kier alpha value is -2.66. The van der Waals surface area contributed by atoms with Crippen molar-refractivity contribution in [1.29, 1.82) is 0 Å². The van der Waals surface area contributed by atoms with Crippen molar-refractivity contribution in [2.45, 2.75) is 27.7 Å². The molecule has 4 aromatic rings. The van der Waals surface area contributed by atoms with Crippen LogP contribution in [0.15, 0.2) is 72.8 Å². The predicted molar refractivity (Wildman–Crippen MR) is 172 cm³/mol. The Morgan fingerprint density at radius 3 is 1.22 bits per heavy atom. The molecule has 0 radical (unpaired) electrons. The van der Waals surface area contributed by atoms with Crippen LogP contribution in [0, 0.1) is 27.7 Å². The van der Waals surface area contributed by atoms with E-state index in [-0.39, 0.29) is 0 Å². The number of fused-ring (bicyclic) bond motifs is 4. The molecule has 4 aromatic carbocycles. The molecule has 1 aliphatic rings. The molecule has 1 aliphatic heterocycles. The summed E-state index contributed by atoms with van der Waals surface area (Å²) in [7, 11) is 1.83. The van der Waals surface area contributed by atoms with E-state index in [2.05, 4.69) is 144 Å². The summed E-state index contributed by atoms with van der Waals surface area (Å²) < 4.78 is 0. The Labute approximate surface area is 225 Å². The van der Waals surface area contributed by atoms with Crippen molar-refractivity contribution in [3.05, 3.63) is 95.1 Å². The molecule has 37 heavy (non-hydrogen) atoms. The molecular weight excluding hydrogens is 486 g/mol. The third-order valence-electron chi connectivity index (χ3n) is 8.08. The number of hydrogen-bond acceptors (Lipinski definition) is 2. The van der Waals surface area contributed by atoms with Crippen LogP contribution in [0.1, 0.15) is 22.3 Å². The van der Waals surface area contributed by atoms with Gasteiger partial charge in [0.15, 0.2) is 0 Å². The van der Waals surface area contributed by atoms with Gasteiger partial charge in [-0.25, -0.2) is 0 Å². The maximum atomic E-state index is 2.52. The molecule has 0 N–H and O–H groups in total. The number of rotatable bonds is 0. The molecule has 0 fully saturated rings. The number of hydrogen-bond donors (Lipinski definition) is 0. The van der Waals surface area contributed by atoms with Crippen LogP contribution in [0.2, 0.25) is 0 Å². The fraction of sp³-hybridized carbons (Fsp3) is 0.273. The first-order valence-corrected chi connectivity index (χ1v) is 17.9. The van der Waals surface area contributed by atoms with Gasteiger partial charge in [-0.3, -0.25) is 0 Å². The first-order valence-electron chi connectivity index (χ1n) is 13.1. The Morgan fingerprint density at radius 1 is 0.514 bits per heavy atom. The van der Waals surface area contributed by atoms with E-state index in [1.54, 1.807) is 0 Å².